The van der Waals surface area contributed by atoms with Crippen LogP contribution in [0.15, 0.2) is 0 Å². The Hall–Kier alpha value is -0.320. The van der Waals surface area contributed by atoms with Gasteiger partial charge in [0.1, 0.15) is 0 Å². The molecular formula is C7H16O8. The van der Waals surface area contributed by atoms with Crippen molar-refractivity contribution < 1.29 is 40.4 Å². The first-order valence-electron chi connectivity index (χ1n) is 4.50. The van der Waals surface area contributed by atoms with Crippen LogP contribution in [0.1, 0.15) is 33.6 Å². The third kappa shape index (κ3) is 9.97. The molecule has 0 spiro atoms. The molecule has 0 amide bonds. The maximum absolute atomic E-state index is 7.59. The molecule has 92 valence electrons. The van der Waals surface area contributed by atoms with E-state index in [2.05, 4.69) is 44.1 Å². The van der Waals surface area contributed by atoms with Crippen molar-refractivity contribution >= 4 is 0 Å². The van der Waals surface area contributed by atoms with Crippen LogP contribution < -0.4 is 0 Å². The summed E-state index contributed by atoms with van der Waals surface area (Å²) < 4.78 is 0. The molecule has 1 unspecified atom stereocenters. The van der Waals surface area contributed by atoms with Gasteiger partial charge in [0.05, 0.1) is 6.10 Å². The molecule has 0 saturated heterocycles. The summed E-state index contributed by atoms with van der Waals surface area (Å²) in [7, 11) is 0. The quantitative estimate of drug-likeness (QED) is 0.344. The maximum atomic E-state index is 7.59. The summed E-state index contributed by atoms with van der Waals surface area (Å²) in [4.78, 5) is 4.80. The molecule has 1 atom stereocenters. The highest BCUT2D eigenvalue weighted by Gasteiger charge is 2.11. The molecule has 0 rings (SSSR count). The first-order valence-corrected chi connectivity index (χ1v) is 4.50. The van der Waals surface area contributed by atoms with Gasteiger partial charge in [-0.3, -0.25) is 0 Å². The Kier molecular flexibility index (Phi) is 9.99. The molecule has 8 nitrogen and oxygen atoms in total. The zero-order valence-electron chi connectivity index (χ0n) is 8.87. The van der Waals surface area contributed by atoms with Crippen LogP contribution in [0.2, 0.25) is 0 Å². The van der Waals surface area contributed by atoms with E-state index in [9.17, 15) is 0 Å². The fourth-order valence-electron chi connectivity index (χ4n) is 0.918. The van der Waals surface area contributed by atoms with Gasteiger partial charge < -0.3 is 0 Å². The standard InChI is InChI=1S/C7H16O8/c1-4-7(5-6(2)3)9-11-13-15-14-12-10-8/h6-8H,4-5H2,1-3H3. The second-order valence-electron chi connectivity index (χ2n) is 3.17. The summed E-state index contributed by atoms with van der Waals surface area (Å²) in [6.45, 7) is 6.05. The molecule has 0 aliphatic heterocycles. The Morgan fingerprint density at radius 3 is 2.13 bits per heavy atom. The Bertz CT molecular complexity index is 130. The first-order chi connectivity index (χ1) is 7.20. The summed E-state index contributed by atoms with van der Waals surface area (Å²) in [5.41, 5.74) is 0. The van der Waals surface area contributed by atoms with Crippen LogP contribution in [0.5, 0.6) is 0 Å². The highest BCUT2D eigenvalue weighted by molar-refractivity contribution is 4.55. The third-order valence-electron chi connectivity index (χ3n) is 1.51. The van der Waals surface area contributed by atoms with Crippen molar-refractivity contribution in [3.8, 4) is 0 Å². The fourth-order valence-corrected chi connectivity index (χ4v) is 0.918. The van der Waals surface area contributed by atoms with E-state index < -0.39 is 0 Å². The monoisotopic (exact) mass is 228 g/mol. The van der Waals surface area contributed by atoms with Gasteiger partial charge >= 0.3 is 0 Å². The molecule has 0 radical (unpaired) electrons. The Labute approximate surface area is 87.0 Å². The molecule has 1 N–H and O–H groups in total. The summed E-state index contributed by atoms with van der Waals surface area (Å²) >= 11 is 0. The molecule has 0 aromatic carbocycles. The molecule has 15 heavy (non-hydrogen) atoms. The molecule has 8 heteroatoms. The minimum atomic E-state index is -0.108. The van der Waals surface area contributed by atoms with E-state index in [0.29, 0.717) is 5.92 Å². The highest BCUT2D eigenvalue weighted by Crippen LogP contribution is 2.11. The zero-order valence-corrected chi connectivity index (χ0v) is 8.87. The smallest absolute Gasteiger partial charge is 0.0962 e. The van der Waals surface area contributed by atoms with Crippen LogP contribution in [0.3, 0.4) is 0 Å². The van der Waals surface area contributed by atoms with E-state index in [1.54, 1.807) is 0 Å². The van der Waals surface area contributed by atoms with Crippen molar-refractivity contribution in [1.29, 1.82) is 0 Å². The maximum Gasteiger partial charge on any atom is 0.0962 e. The van der Waals surface area contributed by atoms with Gasteiger partial charge in [-0.15, -0.1) is 0 Å². The SMILES string of the molecule is CCC(CC(C)C)OOOOOOOO. The van der Waals surface area contributed by atoms with Crippen molar-refractivity contribution in [2.45, 2.75) is 39.7 Å². The molecule has 0 aliphatic rings. The molecule has 0 saturated carbocycles. The summed E-state index contributed by atoms with van der Waals surface area (Å²) in [5.74, 6) is 0.474. The van der Waals surface area contributed by atoms with Crippen LogP contribution >= 0.6 is 0 Å². The van der Waals surface area contributed by atoms with Crippen LogP contribution in [-0.4, -0.2) is 11.4 Å². The molecule has 0 fully saturated rings. The average Bonchev–Trinajstić information content (AvgIpc) is 2.20. The van der Waals surface area contributed by atoms with Gasteiger partial charge in [0, 0.05) is 0 Å². The van der Waals surface area contributed by atoms with Crippen molar-refractivity contribution in [2.24, 2.45) is 5.92 Å². The van der Waals surface area contributed by atoms with Gasteiger partial charge in [-0.25, -0.2) is 10.1 Å². The normalized spacial score (nSPS) is 13.4. The third-order valence-corrected chi connectivity index (χ3v) is 1.51. The Morgan fingerprint density at radius 2 is 1.60 bits per heavy atom. The van der Waals surface area contributed by atoms with Crippen LogP contribution in [-0.2, 0) is 35.1 Å². The first kappa shape index (κ1) is 14.7. The van der Waals surface area contributed by atoms with Gasteiger partial charge in [-0.05, 0) is 49.0 Å². The van der Waals surface area contributed by atoms with Crippen molar-refractivity contribution in [3.63, 3.8) is 0 Å². The van der Waals surface area contributed by atoms with Gasteiger partial charge in [-0.1, -0.05) is 20.8 Å². The minimum Gasteiger partial charge on any atom is -0.219 e. The lowest BCUT2D eigenvalue weighted by Crippen LogP contribution is -2.15. The molecule has 0 aromatic heterocycles. The van der Waals surface area contributed by atoms with E-state index in [4.69, 9.17) is 10.1 Å². The Balaban J connectivity index is 3.30. The second kappa shape index (κ2) is 10.2. The molecular weight excluding hydrogens is 212 g/mol. The average molecular weight is 228 g/mol. The van der Waals surface area contributed by atoms with Crippen LogP contribution in [0.25, 0.3) is 0 Å². The summed E-state index contributed by atoms with van der Waals surface area (Å²) in [5, 5.41) is 29.4. The molecule has 0 heterocycles. The predicted molar refractivity (Wildman–Crippen MR) is 43.8 cm³/mol. The van der Waals surface area contributed by atoms with E-state index in [0.717, 1.165) is 12.8 Å². The minimum absolute atomic E-state index is 0.108. The van der Waals surface area contributed by atoms with E-state index >= 15 is 0 Å². The van der Waals surface area contributed by atoms with Crippen LogP contribution in [0.4, 0.5) is 0 Å². The van der Waals surface area contributed by atoms with E-state index in [1.165, 1.54) is 0 Å². The topological polar surface area (TPSA) is 84.8 Å². The second-order valence-corrected chi connectivity index (χ2v) is 3.17. The largest absolute Gasteiger partial charge is 0.219 e. The molecule has 0 aromatic rings. The van der Waals surface area contributed by atoms with Crippen LogP contribution in [0, 0.1) is 5.92 Å². The molecule has 0 bridgehead atoms. The lowest BCUT2D eigenvalue weighted by molar-refractivity contribution is -0.813. The number of hydrogen-bond acceptors (Lipinski definition) is 8. The van der Waals surface area contributed by atoms with Gasteiger partial charge in [0.25, 0.3) is 0 Å². The van der Waals surface area contributed by atoms with Gasteiger partial charge in [0.15, 0.2) is 0 Å². The summed E-state index contributed by atoms with van der Waals surface area (Å²) in [6, 6.07) is 0. The van der Waals surface area contributed by atoms with Gasteiger partial charge in [-0.2, -0.15) is 0 Å². The highest BCUT2D eigenvalue weighted by atomic mass is 17.9. The zero-order chi connectivity index (χ0) is 11.5. The van der Waals surface area contributed by atoms with E-state index in [1.807, 2.05) is 6.92 Å². The number of hydrogen-bond donors (Lipinski definition) is 1. The van der Waals surface area contributed by atoms with Crippen molar-refractivity contribution in [2.75, 3.05) is 0 Å². The van der Waals surface area contributed by atoms with Crippen molar-refractivity contribution in [3.05, 3.63) is 0 Å². The van der Waals surface area contributed by atoms with Gasteiger partial charge in [0.2, 0.25) is 0 Å². The predicted octanol–water partition coefficient (Wildman–Crippen LogP) is 1.89. The fraction of sp³-hybridized carbons (Fsp3) is 1.00. The summed E-state index contributed by atoms with van der Waals surface area (Å²) in [6.07, 6.45) is 1.47. The Morgan fingerprint density at radius 1 is 1.00 bits per heavy atom. The number of rotatable bonds is 10. The lowest BCUT2D eigenvalue weighted by Gasteiger charge is -2.14. The lowest BCUT2D eigenvalue weighted by atomic mass is 10.0. The van der Waals surface area contributed by atoms with Crippen molar-refractivity contribution in [1.82, 2.24) is 0 Å². The molecule has 0 aliphatic carbocycles. The van der Waals surface area contributed by atoms with E-state index in [-0.39, 0.29) is 6.10 Å².